The van der Waals surface area contributed by atoms with Gasteiger partial charge in [0, 0.05) is 43.6 Å². The second kappa shape index (κ2) is 15.3. The average molecular weight is 613 g/mol. The van der Waals surface area contributed by atoms with E-state index >= 15 is 0 Å². The number of halogens is 2. The van der Waals surface area contributed by atoms with E-state index in [2.05, 4.69) is 15.6 Å². The smallest absolute Gasteiger partial charge is 0.407 e. The van der Waals surface area contributed by atoms with Crippen molar-refractivity contribution in [1.29, 1.82) is 0 Å². The molecule has 1 aliphatic heterocycles. The molecule has 41 heavy (non-hydrogen) atoms. The van der Waals surface area contributed by atoms with Gasteiger partial charge in [-0.15, -0.1) is 24.8 Å². The van der Waals surface area contributed by atoms with Crippen molar-refractivity contribution < 1.29 is 24.2 Å². The van der Waals surface area contributed by atoms with E-state index < -0.39 is 29.1 Å². The Morgan fingerprint density at radius 1 is 1.15 bits per heavy atom. The number of ether oxygens (including phenoxy) is 1. The van der Waals surface area contributed by atoms with Gasteiger partial charge in [0.05, 0.1) is 24.7 Å². The molecule has 3 amide bonds. The largest absolute Gasteiger partial charge is 0.453 e. The first kappa shape index (κ1) is 36.1. The van der Waals surface area contributed by atoms with Crippen LogP contribution < -0.4 is 21.3 Å². The Balaban J connectivity index is 0.00000420. The second-order valence-corrected chi connectivity index (χ2v) is 11.5. The molecular formula is C29H43Cl2N5O5. The summed E-state index contributed by atoms with van der Waals surface area (Å²) in [5.41, 5.74) is 7.53. The van der Waals surface area contributed by atoms with Gasteiger partial charge in [-0.05, 0) is 55.4 Å². The van der Waals surface area contributed by atoms with Gasteiger partial charge >= 0.3 is 6.09 Å². The van der Waals surface area contributed by atoms with E-state index in [9.17, 15) is 19.5 Å². The van der Waals surface area contributed by atoms with E-state index in [4.69, 9.17) is 10.5 Å². The molecular weight excluding hydrogens is 569 g/mol. The van der Waals surface area contributed by atoms with Crippen molar-refractivity contribution >= 4 is 48.4 Å². The van der Waals surface area contributed by atoms with Gasteiger partial charge in [-0.3, -0.25) is 14.6 Å². The fourth-order valence-corrected chi connectivity index (χ4v) is 4.94. The van der Waals surface area contributed by atoms with Crippen LogP contribution in [-0.4, -0.2) is 66.4 Å². The van der Waals surface area contributed by atoms with Crippen molar-refractivity contribution in [1.82, 2.24) is 15.6 Å². The summed E-state index contributed by atoms with van der Waals surface area (Å²) in [5, 5.41) is 16.3. The van der Waals surface area contributed by atoms with Gasteiger partial charge in [-0.25, -0.2) is 4.79 Å². The highest BCUT2D eigenvalue weighted by molar-refractivity contribution is 5.95. The Hall–Kier alpha value is -2.92. The summed E-state index contributed by atoms with van der Waals surface area (Å²) in [6.45, 7) is 7.78. The van der Waals surface area contributed by atoms with E-state index in [1.54, 1.807) is 37.2 Å². The fourth-order valence-electron chi connectivity index (χ4n) is 4.94. The first-order valence-electron chi connectivity index (χ1n) is 13.2. The number of nitrogens with one attached hydrogen (secondary N) is 2. The highest BCUT2D eigenvalue weighted by atomic mass is 35.5. The molecule has 0 radical (unpaired) electrons. The standard InChI is InChI=1S/C29H41N5O5.2ClH/c1-28(2,14-22(30)24(35)17-32-26(37)29(3,4)20-10-8-12-31-16-20)15-25(36)34-18-21(33-27(38)39-5)13-19-9-6-7-11-23(19)34;;/h6-12,16,21-22,24,35H,13-15,17-18,30H2,1-5H3,(H,32,37)(H,33,38);2*1H/t21?,22-,24-;;/m0../s1. The van der Waals surface area contributed by atoms with Gasteiger partial charge in [0.25, 0.3) is 0 Å². The molecule has 12 heteroatoms. The molecule has 0 aliphatic carbocycles. The molecule has 1 aromatic heterocycles. The van der Waals surface area contributed by atoms with Gasteiger partial charge in [-0.1, -0.05) is 38.1 Å². The molecule has 3 atom stereocenters. The van der Waals surface area contributed by atoms with Crippen molar-refractivity contribution in [3.8, 4) is 0 Å². The molecule has 0 saturated heterocycles. The number of para-hydroxylation sites is 1. The number of rotatable bonds is 10. The third kappa shape index (κ3) is 9.56. The fraction of sp³-hybridized carbons (Fsp3) is 0.517. The summed E-state index contributed by atoms with van der Waals surface area (Å²) in [7, 11) is 1.31. The van der Waals surface area contributed by atoms with Gasteiger partial charge in [0.2, 0.25) is 11.8 Å². The molecule has 10 nitrogen and oxygen atoms in total. The zero-order valence-corrected chi connectivity index (χ0v) is 25.9. The van der Waals surface area contributed by atoms with Crippen molar-refractivity contribution in [2.45, 2.75) is 70.6 Å². The van der Waals surface area contributed by atoms with Crippen LogP contribution in [0.1, 0.15) is 51.7 Å². The van der Waals surface area contributed by atoms with Crippen molar-refractivity contribution in [3.63, 3.8) is 0 Å². The predicted molar refractivity (Wildman–Crippen MR) is 164 cm³/mol. The number of anilines is 1. The molecule has 1 unspecified atom stereocenters. The number of amides is 3. The Morgan fingerprint density at radius 2 is 1.83 bits per heavy atom. The first-order chi connectivity index (χ1) is 18.3. The number of nitrogens with zero attached hydrogens (tertiary/aromatic N) is 2. The highest BCUT2D eigenvalue weighted by Crippen LogP contribution is 2.33. The average Bonchev–Trinajstić information content (AvgIpc) is 2.90. The van der Waals surface area contributed by atoms with E-state index in [-0.39, 0.29) is 55.6 Å². The molecule has 3 rings (SSSR count). The lowest BCUT2D eigenvalue weighted by Crippen LogP contribution is -2.51. The van der Waals surface area contributed by atoms with Crippen LogP contribution in [-0.2, 0) is 26.2 Å². The Labute approximate surface area is 254 Å². The van der Waals surface area contributed by atoms with E-state index in [0.717, 1.165) is 16.8 Å². The van der Waals surface area contributed by atoms with Crippen LogP contribution in [0.25, 0.3) is 0 Å². The molecule has 2 heterocycles. The molecule has 2 aromatic rings. The van der Waals surface area contributed by atoms with Crippen LogP contribution in [0, 0.1) is 5.41 Å². The number of carbonyl (C=O) groups is 3. The molecule has 0 spiro atoms. The van der Waals surface area contributed by atoms with E-state index in [1.165, 1.54) is 7.11 Å². The summed E-state index contributed by atoms with van der Waals surface area (Å²) >= 11 is 0. The number of alkyl carbamates (subject to hydrolysis) is 1. The highest BCUT2D eigenvalue weighted by Gasteiger charge is 2.35. The van der Waals surface area contributed by atoms with Gasteiger partial charge in [0.15, 0.2) is 0 Å². The monoisotopic (exact) mass is 611 g/mol. The molecule has 0 saturated carbocycles. The summed E-state index contributed by atoms with van der Waals surface area (Å²) in [6, 6.07) is 10.3. The van der Waals surface area contributed by atoms with E-state index in [1.807, 2.05) is 44.2 Å². The number of benzene rings is 1. The number of hydrogen-bond donors (Lipinski definition) is 4. The molecule has 1 aliphatic rings. The van der Waals surface area contributed by atoms with Gasteiger partial charge in [-0.2, -0.15) is 0 Å². The molecule has 5 N–H and O–H groups in total. The van der Waals surface area contributed by atoms with E-state index in [0.29, 0.717) is 19.4 Å². The van der Waals surface area contributed by atoms with Crippen LogP contribution in [0.4, 0.5) is 10.5 Å². The minimum atomic E-state index is -0.989. The van der Waals surface area contributed by atoms with Crippen LogP contribution in [0.3, 0.4) is 0 Å². The number of pyridine rings is 1. The number of methoxy groups -OCH3 is 1. The van der Waals surface area contributed by atoms with Crippen molar-refractivity contribution in [2.24, 2.45) is 11.1 Å². The predicted octanol–water partition coefficient (Wildman–Crippen LogP) is 3.13. The SMILES string of the molecule is COC(=O)NC1Cc2ccccc2N(C(=O)CC(C)(C)C[C@H](N)[C@@H](O)CNC(=O)C(C)(C)c2cccnc2)C1.Cl.Cl. The lowest BCUT2D eigenvalue weighted by molar-refractivity contribution is -0.126. The summed E-state index contributed by atoms with van der Waals surface area (Å²) in [4.78, 5) is 43.9. The van der Waals surface area contributed by atoms with Crippen LogP contribution >= 0.6 is 24.8 Å². The van der Waals surface area contributed by atoms with Crippen molar-refractivity contribution in [3.05, 3.63) is 59.9 Å². The lowest BCUT2D eigenvalue weighted by atomic mass is 9.80. The zero-order chi connectivity index (χ0) is 28.8. The normalized spacial score (nSPS) is 16.2. The number of hydrogen-bond acceptors (Lipinski definition) is 7. The number of aliphatic hydroxyl groups excluding tert-OH is 1. The van der Waals surface area contributed by atoms with Gasteiger partial charge in [0.1, 0.15) is 0 Å². The maximum atomic E-state index is 13.5. The number of nitrogens with two attached hydrogens (primary N) is 1. The molecule has 1 aromatic carbocycles. The minimum absolute atomic E-state index is 0. The number of carbonyl (C=O) groups excluding carboxylic acids is 3. The number of aliphatic hydroxyl groups is 1. The minimum Gasteiger partial charge on any atom is -0.453 e. The molecule has 0 bridgehead atoms. The summed E-state index contributed by atoms with van der Waals surface area (Å²) in [6.07, 6.45) is 2.91. The van der Waals surface area contributed by atoms with Gasteiger partial charge < -0.3 is 31.1 Å². The van der Waals surface area contributed by atoms with Crippen LogP contribution in [0.15, 0.2) is 48.8 Å². The zero-order valence-electron chi connectivity index (χ0n) is 24.3. The maximum absolute atomic E-state index is 13.5. The number of aromatic nitrogens is 1. The Kier molecular flexibility index (Phi) is 13.5. The second-order valence-electron chi connectivity index (χ2n) is 11.5. The topological polar surface area (TPSA) is 147 Å². The maximum Gasteiger partial charge on any atom is 0.407 e. The Bertz CT molecular complexity index is 1170. The molecule has 228 valence electrons. The number of fused-ring (bicyclic) bond motifs is 1. The summed E-state index contributed by atoms with van der Waals surface area (Å²) in [5.74, 6) is -0.341. The van der Waals surface area contributed by atoms with Crippen molar-refractivity contribution in [2.75, 3.05) is 25.1 Å². The first-order valence-corrected chi connectivity index (χ1v) is 13.2. The quantitative estimate of drug-likeness (QED) is 0.323. The molecule has 0 fully saturated rings. The Morgan fingerprint density at radius 3 is 2.46 bits per heavy atom. The summed E-state index contributed by atoms with van der Waals surface area (Å²) < 4.78 is 4.74. The van der Waals surface area contributed by atoms with Crippen LogP contribution in [0.2, 0.25) is 0 Å². The van der Waals surface area contributed by atoms with Crippen LogP contribution in [0.5, 0.6) is 0 Å². The third-order valence-electron chi connectivity index (χ3n) is 7.30. The third-order valence-corrected chi connectivity index (χ3v) is 7.30. The lowest BCUT2D eigenvalue weighted by Gasteiger charge is -2.37.